The molecule has 0 atom stereocenters. The van der Waals surface area contributed by atoms with Crippen LogP contribution >= 0.6 is 23.2 Å². The summed E-state index contributed by atoms with van der Waals surface area (Å²) in [4.78, 5) is 12.1. The van der Waals surface area contributed by atoms with Gasteiger partial charge in [-0.3, -0.25) is 4.79 Å². The Morgan fingerprint density at radius 2 is 1.95 bits per heavy atom. The largest absolute Gasteiger partial charge is 0.398 e. The summed E-state index contributed by atoms with van der Waals surface area (Å²) in [5.41, 5.74) is 7.96. The van der Waals surface area contributed by atoms with Gasteiger partial charge in [0.25, 0.3) is 5.91 Å². The molecule has 0 aliphatic carbocycles. The van der Waals surface area contributed by atoms with Gasteiger partial charge in [0.15, 0.2) is 0 Å². The number of amides is 1. The van der Waals surface area contributed by atoms with Crippen LogP contribution in [0.4, 0.5) is 11.4 Å². The maximum atomic E-state index is 12.1. The van der Waals surface area contributed by atoms with Crippen LogP contribution in [0, 0.1) is 6.92 Å². The van der Waals surface area contributed by atoms with Gasteiger partial charge in [0.2, 0.25) is 0 Å². The van der Waals surface area contributed by atoms with Gasteiger partial charge < -0.3 is 11.1 Å². The summed E-state index contributed by atoms with van der Waals surface area (Å²) in [6.45, 7) is 1.86. The number of anilines is 2. The molecule has 0 saturated heterocycles. The molecule has 0 saturated carbocycles. The number of benzene rings is 2. The van der Waals surface area contributed by atoms with Gasteiger partial charge in [0, 0.05) is 10.7 Å². The maximum Gasteiger partial charge on any atom is 0.257 e. The smallest absolute Gasteiger partial charge is 0.257 e. The summed E-state index contributed by atoms with van der Waals surface area (Å²) in [7, 11) is 0. The van der Waals surface area contributed by atoms with E-state index in [1.165, 1.54) is 0 Å². The second-order valence-corrected chi connectivity index (χ2v) is 4.94. The fraction of sp³-hybridized carbons (Fsp3) is 0.0714. The number of rotatable bonds is 2. The molecule has 0 fully saturated rings. The van der Waals surface area contributed by atoms with E-state index in [-0.39, 0.29) is 10.9 Å². The molecule has 0 aliphatic rings. The van der Waals surface area contributed by atoms with Crippen LogP contribution < -0.4 is 11.1 Å². The van der Waals surface area contributed by atoms with Gasteiger partial charge in [-0.1, -0.05) is 29.3 Å². The molecule has 0 heterocycles. The van der Waals surface area contributed by atoms with Crippen LogP contribution in [0.3, 0.4) is 0 Å². The van der Waals surface area contributed by atoms with Crippen molar-refractivity contribution >= 4 is 40.5 Å². The first kappa shape index (κ1) is 13.7. The summed E-state index contributed by atoms with van der Waals surface area (Å²) in [5.74, 6) is -0.303. The molecule has 3 N–H and O–H groups in total. The number of hydrogen-bond acceptors (Lipinski definition) is 2. The number of carbonyl (C=O) groups is 1. The second kappa shape index (κ2) is 5.51. The average Bonchev–Trinajstić information content (AvgIpc) is 2.36. The lowest BCUT2D eigenvalue weighted by molar-refractivity contribution is 0.102. The number of halogens is 2. The summed E-state index contributed by atoms with van der Waals surface area (Å²) in [5, 5.41) is 3.66. The Labute approximate surface area is 121 Å². The highest BCUT2D eigenvalue weighted by atomic mass is 35.5. The zero-order valence-corrected chi connectivity index (χ0v) is 11.7. The Hall–Kier alpha value is -1.71. The van der Waals surface area contributed by atoms with Crippen LogP contribution in [0.2, 0.25) is 10.0 Å². The van der Waals surface area contributed by atoms with Crippen molar-refractivity contribution in [3.63, 3.8) is 0 Å². The summed E-state index contributed by atoms with van der Waals surface area (Å²) in [6, 6.07) is 10.2. The van der Waals surface area contributed by atoms with Crippen molar-refractivity contribution in [3.8, 4) is 0 Å². The third-order valence-corrected chi connectivity index (χ3v) is 3.37. The lowest BCUT2D eigenvalue weighted by Gasteiger charge is -2.10. The number of hydrogen-bond donors (Lipinski definition) is 2. The second-order valence-electron chi connectivity index (χ2n) is 4.12. The van der Waals surface area contributed by atoms with Crippen molar-refractivity contribution in [2.45, 2.75) is 6.92 Å². The Morgan fingerprint density at radius 3 is 2.63 bits per heavy atom. The van der Waals surface area contributed by atoms with E-state index in [0.29, 0.717) is 22.0 Å². The highest BCUT2D eigenvalue weighted by Gasteiger charge is 2.13. The molecule has 98 valence electrons. The lowest BCUT2D eigenvalue weighted by atomic mass is 10.1. The SMILES string of the molecule is Cc1cc(Cl)ccc1NC(=O)c1cccc(N)c1Cl. The average molecular weight is 295 g/mol. The van der Waals surface area contributed by atoms with Crippen molar-refractivity contribution < 1.29 is 4.79 Å². The molecule has 2 aromatic rings. The third-order valence-electron chi connectivity index (χ3n) is 2.71. The van der Waals surface area contributed by atoms with Gasteiger partial charge in [-0.05, 0) is 42.8 Å². The van der Waals surface area contributed by atoms with Gasteiger partial charge >= 0.3 is 0 Å². The van der Waals surface area contributed by atoms with Gasteiger partial charge in [0.1, 0.15) is 0 Å². The Balaban J connectivity index is 2.28. The van der Waals surface area contributed by atoms with Crippen molar-refractivity contribution in [3.05, 3.63) is 57.6 Å². The summed E-state index contributed by atoms with van der Waals surface area (Å²) < 4.78 is 0. The van der Waals surface area contributed by atoms with E-state index in [1.807, 2.05) is 6.92 Å². The predicted octanol–water partition coefficient (Wildman–Crippen LogP) is 4.14. The molecule has 0 unspecified atom stereocenters. The van der Waals surface area contributed by atoms with Crippen LogP contribution in [0.15, 0.2) is 36.4 Å². The van der Waals surface area contributed by atoms with Gasteiger partial charge in [0.05, 0.1) is 16.3 Å². The molecular formula is C14H12Cl2N2O. The van der Waals surface area contributed by atoms with E-state index < -0.39 is 0 Å². The molecule has 5 heteroatoms. The third kappa shape index (κ3) is 3.00. The fourth-order valence-electron chi connectivity index (χ4n) is 1.68. The quantitative estimate of drug-likeness (QED) is 0.818. The maximum absolute atomic E-state index is 12.1. The molecule has 2 rings (SSSR count). The van der Waals surface area contributed by atoms with Gasteiger partial charge in [-0.25, -0.2) is 0 Å². The number of nitrogens with one attached hydrogen (secondary N) is 1. The standard InChI is InChI=1S/C14H12Cl2N2O/c1-8-7-9(15)5-6-12(8)18-14(19)10-3-2-4-11(17)13(10)16/h2-7H,17H2,1H3,(H,18,19). The molecule has 0 aliphatic heterocycles. The van der Waals surface area contributed by atoms with Crippen LogP contribution in [0.5, 0.6) is 0 Å². The van der Waals surface area contributed by atoms with E-state index in [9.17, 15) is 4.79 Å². The molecule has 0 bridgehead atoms. The van der Waals surface area contributed by atoms with Crippen molar-refractivity contribution in [2.24, 2.45) is 0 Å². The molecule has 0 aromatic heterocycles. The van der Waals surface area contributed by atoms with Gasteiger partial charge in [-0.15, -0.1) is 0 Å². The van der Waals surface area contributed by atoms with Crippen LogP contribution in [-0.2, 0) is 0 Å². The first-order valence-electron chi connectivity index (χ1n) is 5.60. The van der Waals surface area contributed by atoms with Gasteiger partial charge in [-0.2, -0.15) is 0 Å². The monoisotopic (exact) mass is 294 g/mol. The number of aryl methyl sites for hydroxylation is 1. The normalized spacial score (nSPS) is 10.3. The molecule has 1 amide bonds. The first-order chi connectivity index (χ1) is 8.99. The van der Waals surface area contributed by atoms with Crippen molar-refractivity contribution in [2.75, 3.05) is 11.1 Å². The summed E-state index contributed by atoms with van der Waals surface area (Å²) in [6.07, 6.45) is 0. The van der Waals surface area contributed by atoms with E-state index in [2.05, 4.69) is 5.32 Å². The Kier molecular flexibility index (Phi) is 3.98. The molecule has 3 nitrogen and oxygen atoms in total. The number of nitrogen functional groups attached to an aromatic ring is 1. The molecule has 2 aromatic carbocycles. The zero-order chi connectivity index (χ0) is 14.0. The van der Waals surface area contributed by atoms with E-state index in [4.69, 9.17) is 28.9 Å². The molecule has 0 spiro atoms. The minimum absolute atomic E-state index is 0.256. The minimum Gasteiger partial charge on any atom is -0.398 e. The number of nitrogens with two attached hydrogens (primary N) is 1. The minimum atomic E-state index is -0.303. The topological polar surface area (TPSA) is 55.1 Å². The Morgan fingerprint density at radius 1 is 1.21 bits per heavy atom. The van der Waals surface area contributed by atoms with E-state index in [1.54, 1.807) is 36.4 Å². The van der Waals surface area contributed by atoms with Crippen molar-refractivity contribution in [1.82, 2.24) is 0 Å². The predicted molar refractivity (Wildman–Crippen MR) is 80.0 cm³/mol. The van der Waals surface area contributed by atoms with Crippen molar-refractivity contribution in [1.29, 1.82) is 0 Å². The highest BCUT2D eigenvalue weighted by molar-refractivity contribution is 6.36. The summed E-state index contributed by atoms with van der Waals surface area (Å²) >= 11 is 11.9. The lowest BCUT2D eigenvalue weighted by Crippen LogP contribution is -2.13. The highest BCUT2D eigenvalue weighted by Crippen LogP contribution is 2.25. The van der Waals surface area contributed by atoms with Crippen LogP contribution in [-0.4, -0.2) is 5.91 Å². The van der Waals surface area contributed by atoms with Crippen LogP contribution in [0.25, 0.3) is 0 Å². The van der Waals surface area contributed by atoms with E-state index in [0.717, 1.165) is 5.56 Å². The van der Waals surface area contributed by atoms with Crippen LogP contribution in [0.1, 0.15) is 15.9 Å². The molecule has 19 heavy (non-hydrogen) atoms. The molecular weight excluding hydrogens is 283 g/mol. The first-order valence-corrected chi connectivity index (χ1v) is 6.36. The number of carbonyl (C=O) groups excluding carboxylic acids is 1. The zero-order valence-electron chi connectivity index (χ0n) is 10.2. The Bertz CT molecular complexity index is 641. The van der Waals surface area contributed by atoms with E-state index >= 15 is 0 Å². The molecule has 0 radical (unpaired) electrons. The fourth-order valence-corrected chi connectivity index (χ4v) is 2.12.